The fraction of sp³-hybridized carbons (Fsp3) is 0.800. The summed E-state index contributed by atoms with van der Waals surface area (Å²) in [6, 6.07) is 1.05. The van der Waals surface area contributed by atoms with Gasteiger partial charge in [0.2, 0.25) is 5.95 Å². The first-order valence-corrected chi connectivity index (χ1v) is 7.72. The Bertz CT molecular complexity index is 391. The van der Waals surface area contributed by atoms with Crippen molar-refractivity contribution in [2.24, 2.45) is 0 Å². The van der Waals surface area contributed by atoms with Crippen molar-refractivity contribution < 1.29 is 0 Å². The van der Waals surface area contributed by atoms with E-state index in [1.54, 1.807) is 0 Å². The second-order valence-corrected chi connectivity index (χ2v) is 5.67. The molecule has 4 nitrogen and oxygen atoms in total. The maximum atomic E-state index is 4.86. The second-order valence-electron chi connectivity index (χ2n) is 5.67. The topological polar surface area (TPSA) is 33.1 Å². The van der Waals surface area contributed by atoms with Crippen LogP contribution in [0.1, 0.15) is 52.3 Å². The van der Waals surface area contributed by atoms with Crippen molar-refractivity contribution in [2.45, 2.75) is 59.0 Å². The summed E-state index contributed by atoms with van der Waals surface area (Å²) in [6.45, 7) is 12.1. The van der Waals surface area contributed by atoms with Crippen LogP contribution in [-0.4, -0.2) is 35.2 Å². The SMILES string of the molecule is CCc1cn(C(C)C)c(N(CC)C2CCCNC2)n1. The van der Waals surface area contributed by atoms with E-state index >= 15 is 0 Å². The Morgan fingerprint density at radius 3 is 2.79 bits per heavy atom. The number of aromatic nitrogens is 2. The van der Waals surface area contributed by atoms with Crippen LogP contribution in [0.25, 0.3) is 0 Å². The number of imidazole rings is 1. The van der Waals surface area contributed by atoms with Crippen molar-refractivity contribution in [2.75, 3.05) is 24.5 Å². The predicted octanol–water partition coefficient (Wildman–Crippen LogP) is 2.60. The Morgan fingerprint density at radius 2 is 2.26 bits per heavy atom. The van der Waals surface area contributed by atoms with E-state index in [1.807, 2.05) is 0 Å². The summed E-state index contributed by atoms with van der Waals surface area (Å²) in [6.07, 6.45) is 5.77. The molecule has 0 spiro atoms. The highest BCUT2D eigenvalue weighted by Crippen LogP contribution is 2.24. The van der Waals surface area contributed by atoms with Crippen molar-refractivity contribution in [3.8, 4) is 0 Å². The third-order valence-electron chi connectivity index (χ3n) is 3.99. The molecule has 1 unspecified atom stereocenters. The fourth-order valence-corrected chi connectivity index (χ4v) is 2.86. The van der Waals surface area contributed by atoms with E-state index in [1.165, 1.54) is 18.5 Å². The van der Waals surface area contributed by atoms with Crippen LogP contribution in [0.2, 0.25) is 0 Å². The molecule has 4 heteroatoms. The average Bonchev–Trinajstić information content (AvgIpc) is 2.85. The average molecular weight is 264 g/mol. The van der Waals surface area contributed by atoms with E-state index in [2.05, 4.69) is 48.7 Å². The summed E-state index contributed by atoms with van der Waals surface area (Å²) >= 11 is 0. The lowest BCUT2D eigenvalue weighted by atomic mass is 10.1. The molecule has 0 amide bonds. The number of nitrogens with one attached hydrogen (secondary N) is 1. The van der Waals surface area contributed by atoms with E-state index in [0.29, 0.717) is 12.1 Å². The number of nitrogens with zero attached hydrogens (tertiary/aromatic N) is 3. The minimum Gasteiger partial charge on any atom is -0.338 e. The van der Waals surface area contributed by atoms with Crippen molar-refractivity contribution in [3.63, 3.8) is 0 Å². The molecule has 1 aromatic rings. The molecule has 1 fully saturated rings. The first-order chi connectivity index (χ1) is 9.17. The van der Waals surface area contributed by atoms with E-state index in [9.17, 15) is 0 Å². The zero-order chi connectivity index (χ0) is 13.8. The zero-order valence-corrected chi connectivity index (χ0v) is 12.8. The summed E-state index contributed by atoms with van der Waals surface area (Å²) in [4.78, 5) is 7.33. The van der Waals surface area contributed by atoms with Gasteiger partial charge >= 0.3 is 0 Å². The van der Waals surface area contributed by atoms with E-state index < -0.39 is 0 Å². The van der Waals surface area contributed by atoms with Gasteiger partial charge in [-0.25, -0.2) is 4.98 Å². The van der Waals surface area contributed by atoms with Crippen molar-refractivity contribution >= 4 is 5.95 Å². The van der Waals surface area contributed by atoms with Gasteiger partial charge in [0, 0.05) is 31.4 Å². The smallest absolute Gasteiger partial charge is 0.206 e. The molecular formula is C15H28N4. The summed E-state index contributed by atoms with van der Waals surface area (Å²) in [5.41, 5.74) is 1.20. The number of hydrogen-bond donors (Lipinski definition) is 1. The third-order valence-corrected chi connectivity index (χ3v) is 3.99. The fourth-order valence-electron chi connectivity index (χ4n) is 2.86. The Hall–Kier alpha value is -1.03. The van der Waals surface area contributed by atoms with Crippen LogP contribution >= 0.6 is 0 Å². The highest BCUT2D eigenvalue weighted by molar-refractivity contribution is 5.36. The molecule has 0 bridgehead atoms. The molecule has 2 heterocycles. The maximum Gasteiger partial charge on any atom is 0.206 e. The molecule has 1 aliphatic rings. The number of hydrogen-bond acceptors (Lipinski definition) is 3. The second kappa shape index (κ2) is 6.42. The molecule has 0 aliphatic carbocycles. The molecule has 1 atom stereocenters. The minimum atomic E-state index is 0.466. The van der Waals surface area contributed by atoms with E-state index in [-0.39, 0.29) is 0 Å². The van der Waals surface area contributed by atoms with Gasteiger partial charge in [0.15, 0.2) is 0 Å². The number of likely N-dealkylation sites (N-methyl/N-ethyl adjacent to an activating group) is 1. The molecule has 108 valence electrons. The van der Waals surface area contributed by atoms with Gasteiger partial charge in [0.05, 0.1) is 5.69 Å². The number of aryl methyl sites for hydroxylation is 1. The van der Waals surface area contributed by atoms with Crippen LogP contribution in [-0.2, 0) is 6.42 Å². The van der Waals surface area contributed by atoms with E-state index in [0.717, 1.165) is 32.0 Å². The van der Waals surface area contributed by atoms with Gasteiger partial charge in [0.25, 0.3) is 0 Å². The Kier molecular flexibility index (Phi) is 4.86. The molecule has 0 radical (unpaired) electrons. The van der Waals surface area contributed by atoms with Gasteiger partial charge in [-0.3, -0.25) is 0 Å². The Labute approximate surface area is 117 Å². The molecule has 1 aliphatic heterocycles. The monoisotopic (exact) mass is 264 g/mol. The quantitative estimate of drug-likeness (QED) is 0.887. The van der Waals surface area contributed by atoms with Crippen LogP contribution in [0.4, 0.5) is 5.95 Å². The van der Waals surface area contributed by atoms with Gasteiger partial charge in [-0.1, -0.05) is 6.92 Å². The van der Waals surface area contributed by atoms with Gasteiger partial charge in [0.1, 0.15) is 0 Å². The molecule has 19 heavy (non-hydrogen) atoms. The van der Waals surface area contributed by atoms with Crippen LogP contribution in [0.15, 0.2) is 6.20 Å². The zero-order valence-electron chi connectivity index (χ0n) is 12.8. The maximum absolute atomic E-state index is 4.86. The first kappa shape index (κ1) is 14.4. The van der Waals surface area contributed by atoms with Crippen LogP contribution in [0.5, 0.6) is 0 Å². The van der Waals surface area contributed by atoms with Crippen molar-refractivity contribution in [1.82, 2.24) is 14.9 Å². The number of anilines is 1. The third kappa shape index (κ3) is 3.11. The minimum absolute atomic E-state index is 0.466. The lowest BCUT2D eigenvalue weighted by molar-refractivity contribution is 0.424. The molecule has 0 saturated carbocycles. The summed E-state index contributed by atoms with van der Waals surface area (Å²) < 4.78 is 2.33. The molecular weight excluding hydrogens is 236 g/mol. The standard InChI is InChI=1S/C15H28N4/c1-5-13-11-19(12(3)4)15(17-13)18(6-2)14-8-7-9-16-10-14/h11-12,14,16H,5-10H2,1-4H3. The summed E-state index contributed by atoms with van der Waals surface area (Å²) in [5.74, 6) is 1.16. The summed E-state index contributed by atoms with van der Waals surface area (Å²) in [7, 11) is 0. The van der Waals surface area contributed by atoms with Gasteiger partial charge in [-0.2, -0.15) is 0 Å². The van der Waals surface area contributed by atoms with Crippen LogP contribution < -0.4 is 10.2 Å². The highest BCUT2D eigenvalue weighted by Gasteiger charge is 2.24. The first-order valence-electron chi connectivity index (χ1n) is 7.72. The molecule has 1 aromatic heterocycles. The lowest BCUT2D eigenvalue weighted by Crippen LogP contribution is -2.47. The number of rotatable bonds is 5. The Balaban J connectivity index is 2.27. The van der Waals surface area contributed by atoms with Crippen LogP contribution in [0.3, 0.4) is 0 Å². The van der Waals surface area contributed by atoms with Crippen molar-refractivity contribution in [1.29, 1.82) is 0 Å². The van der Waals surface area contributed by atoms with Crippen LogP contribution in [0, 0.1) is 0 Å². The van der Waals surface area contributed by atoms with Gasteiger partial charge in [-0.05, 0) is 46.6 Å². The highest BCUT2D eigenvalue weighted by atomic mass is 15.3. The normalized spacial score (nSPS) is 19.9. The largest absolute Gasteiger partial charge is 0.338 e. The predicted molar refractivity (Wildman–Crippen MR) is 80.9 cm³/mol. The summed E-state index contributed by atoms with van der Waals surface area (Å²) in [5, 5.41) is 3.51. The van der Waals surface area contributed by atoms with Crippen molar-refractivity contribution in [3.05, 3.63) is 11.9 Å². The van der Waals surface area contributed by atoms with E-state index in [4.69, 9.17) is 4.98 Å². The Morgan fingerprint density at radius 1 is 1.47 bits per heavy atom. The molecule has 1 N–H and O–H groups in total. The van der Waals surface area contributed by atoms with Gasteiger partial charge < -0.3 is 14.8 Å². The molecule has 0 aromatic carbocycles. The van der Waals surface area contributed by atoms with Gasteiger partial charge in [-0.15, -0.1) is 0 Å². The molecule has 1 saturated heterocycles. The lowest BCUT2D eigenvalue weighted by Gasteiger charge is -2.35. The number of piperidine rings is 1. The molecule has 2 rings (SSSR count).